The van der Waals surface area contributed by atoms with Gasteiger partial charge in [-0.25, -0.2) is 9.99 Å². The number of aromatic nitrogens is 2. The van der Waals surface area contributed by atoms with E-state index in [9.17, 15) is 4.79 Å². The molecule has 0 N–H and O–H groups in total. The van der Waals surface area contributed by atoms with E-state index in [-0.39, 0.29) is 17.7 Å². The number of amides is 1. The monoisotopic (exact) mass is 400 g/mol. The van der Waals surface area contributed by atoms with Crippen LogP contribution in [0, 0.1) is 0 Å². The summed E-state index contributed by atoms with van der Waals surface area (Å²) in [6.45, 7) is 0. The summed E-state index contributed by atoms with van der Waals surface area (Å²) < 4.78 is 7.44. The van der Waals surface area contributed by atoms with Crippen molar-refractivity contribution in [2.75, 3.05) is 5.75 Å². The number of benzene rings is 1. The number of aryl methyl sites for hydroxylation is 1. The van der Waals surface area contributed by atoms with E-state index < -0.39 is 0 Å². The minimum Gasteiger partial charge on any atom is -0.467 e. The van der Waals surface area contributed by atoms with Crippen LogP contribution in [0.25, 0.3) is 0 Å². The van der Waals surface area contributed by atoms with Crippen LogP contribution in [0.3, 0.4) is 0 Å². The molecule has 0 saturated carbocycles. The fraction of sp³-hybridized carbons (Fsp3) is 0.211. The van der Waals surface area contributed by atoms with Crippen molar-refractivity contribution in [1.29, 1.82) is 0 Å². The van der Waals surface area contributed by atoms with Crippen molar-refractivity contribution in [3.8, 4) is 0 Å². The molecule has 0 saturated heterocycles. The third-order valence-electron chi connectivity index (χ3n) is 4.32. The van der Waals surface area contributed by atoms with Crippen LogP contribution in [0.2, 0.25) is 5.02 Å². The van der Waals surface area contributed by atoms with Gasteiger partial charge < -0.3 is 8.98 Å². The summed E-state index contributed by atoms with van der Waals surface area (Å²) >= 11 is 7.37. The second kappa shape index (κ2) is 7.62. The fourth-order valence-corrected chi connectivity index (χ4v) is 3.85. The van der Waals surface area contributed by atoms with E-state index in [1.165, 1.54) is 16.8 Å². The summed E-state index contributed by atoms with van der Waals surface area (Å²) in [5.74, 6) is 0.880. The number of hydrazone groups is 1. The van der Waals surface area contributed by atoms with Crippen molar-refractivity contribution in [2.45, 2.75) is 17.6 Å². The van der Waals surface area contributed by atoms with Crippen LogP contribution in [0.5, 0.6) is 0 Å². The number of nitrogens with zero attached hydrogens (tertiary/aromatic N) is 4. The zero-order valence-corrected chi connectivity index (χ0v) is 16.2. The molecule has 3 heterocycles. The van der Waals surface area contributed by atoms with Crippen molar-refractivity contribution in [3.63, 3.8) is 0 Å². The van der Waals surface area contributed by atoms with Gasteiger partial charge in [0.1, 0.15) is 11.8 Å². The van der Waals surface area contributed by atoms with E-state index in [2.05, 4.69) is 10.1 Å². The van der Waals surface area contributed by atoms with Gasteiger partial charge in [0.15, 0.2) is 5.16 Å². The highest BCUT2D eigenvalue weighted by molar-refractivity contribution is 7.99. The molecule has 1 aromatic carbocycles. The highest BCUT2D eigenvalue weighted by atomic mass is 35.5. The average molecular weight is 401 g/mol. The highest BCUT2D eigenvalue weighted by Crippen LogP contribution is 2.34. The first-order chi connectivity index (χ1) is 13.1. The van der Waals surface area contributed by atoms with Crippen LogP contribution in [0.4, 0.5) is 0 Å². The number of hydrogen-bond donors (Lipinski definition) is 0. The van der Waals surface area contributed by atoms with E-state index in [4.69, 9.17) is 16.0 Å². The molecule has 6 nitrogen and oxygen atoms in total. The number of furan rings is 1. The zero-order valence-electron chi connectivity index (χ0n) is 14.6. The Morgan fingerprint density at radius 1 is 1.33 bits per heavy atom. The smallest absolute Gasteiger partial charge is 0.253 e. The SMILES string of the molecule is Cn1ccnc1SCC(=O)N1N=C(c2ccc(Cl)cc2)C[C@@H]1c1ccco1. The first-order valence-corrected chi connectivity index (χ1v) is 9.77. The Morgan fingerprint density at radius 2 is 2.15 bits per heavy atom. The molecule has 8 heteroatoms. The minimum absolute atomic E-state index is 0.0895. The summed E-state index contributed by atoms with van der Waals surface area (Å²) in [5, 5.41) is 7.59. The van der Waals surface area contributed by atoms with Crippen LogP contribution in [-0.4, -0.2) is 31.9 Å². The normalized spacial score (nSPS) is 16.6. The van der Waals surface area contributed by atoms with Crippen LogP contribution in [0.15, 0.2) is 69.7 Å². The van der Waals surface area contributed by atoms with Crippen molar-refractivity contribution in [1.82, 2.24) is 14.6 Å². The second-order valence-corrected chi connectivity index (χ2v) is 7.52. The Hall–Kier alpha value is -2.51. The summed E-state index contributed by atoms with van der Waals surface area (Å²) in [6, 6.07) is 10.9. The topological polar surface area (TPSA) is 63.6 Å². The predicted octanol–water partition coefficient (Wildman–Crippen LogP) is 4.14. The van der Waals surface area contributed by atoms with Gasteiger partial charge in [-0.1, -0.05) is 35.5 Å². The molecule has 1 aliphatic rings. The molecule has 0 fully saturated rings. The predicted molar refractivity (Wildman–Crippen MR) is 105 cm³/mol. The summed E-state index contributed by atoms with van der Waals surface area (Å²) in [7, 11) is 1.90. The van der Waals surface area contributed by atoms with Crippen molar-refractivity contribution >= 4 is 35.0 Å². The Bertz CT molecular complexity index is 966. The quantitative estimate of drug-likeness (QED) is 0.604. The second-order valence-electron chi connectivity index (χ2n) is 6.14. The number of rotatable bonds is 5. The standard InChI is InChI=1S/C19H17ClN4O2S/c1-23-9-8-21-19(23)27-12-18(25)24-16(17-3-2-10-26-17)11-15(22-24)13-4-6-14(20)7-5-13/h2-10,16H,11-12H2,1H3/t16-/m1/s1. The minimum atomic E-state index is -0.250. The van der Waals surface area contributed by atoms with Gasteiger partial charge in [0.05, 0.1) is 17.7 Å². The van der Waals surface area contributed by atoms with Crippen molar-refractivity contribution in [3.05, 3.63) is 71.4 Å². The number of imidazole rings is 1. The third-order valence-corrected chi connectivity index (χ3v) is 5.61. The van der Waals surface area contributed by atoms with Gasteiger partial charge in [-0.05, 0) is 29.8 Å². The molecule has 4 rings (SSSR count). The van der Waals surface area contributed by atoms with Gasteiger partial charge in [-0.2, -0.15) is 5.10 Å². The van der Waals surface area contributed by atoms with E-state index in [1.54, 1.807) is 12.5 Å². The molecule has 3 aromatic rings. The summed E-state index contributed by atoms with van der Waals surface area (Å²) in [4.78, 5) is 17.1. The fourth-order valence-electron chi connectivity index (χ4n) is 2.94. The van der Waals surface area contributed by atoms with Crippen LogP contribution >= 0.6 is 23.4 Å². The van der Waals surface area contributed by atoms with Gasteiger partial charge in [0.25, 0.3) is 5.91 Å². The molecule has 27 heavy (non-hydrogen) atoms. The Kier molecular flexibility index (Phi) is 5.05. The maximum Gasteiger partial charge on any atom is 0.253 e. The molecule has 1 aliphatic heterocycles. The first-order valence-electron chi connectivity index (χ1n) is 8.41. The molecule has 2 aromatic heterocycles. The lowest BCUT2D eigenvalue weighted by Crippen LogP contribution is -2.28. The van der Waals surface area contributed by atoms with Gasteiger partial charge in [-0.3, -0.25) is 4.79 Å². The molecule has 1 atom stereocenters. The number of halogens is 1. The zero-order chi connectivity index (χ0) is 18.8. The number of carbonyl (C=O) groups excluding carboxylic acids is 1. The van der Waals surface area contributed by atoms with Crippen LogP contribution in [-0.2, 0) is 11.8 Å². The van der Waals surface area contributed by atoms with E-state index >= 15 is 0 Å². The molecule has 0 radical (unpaired) electrons. The molecule has 0 bridgehead atoms. The lowest BCUT2D eigenvalue weighted by Gasteiger charge is -2.19. The van der Waals surface area contributed by atoms with E-state index in [1.807, 2.05) is 54.2 Å². The first kappa shape index (κ1) is 17.9. The maximum absolute atomic E-state index is 12.9. The maximum atomic E-state index is 12.9. The molecule has 0 unspecified atom stereocenters. The van der Waals surface area contributed by atoms with E-state index in [0.29, 0.717) is 11.4 Å². The Morgan fingerprint density at radius 3 is 2.81 bits per heavy atom. The van der Waals surface area contributed by atoms with Crippen molar-refractivity contribution < 1.29 is 9.21 Å². The molecule has 1 amide bonds. The number of hydrogen-bond acceptors (Lipinski definition) is 5. The molecular formula is C19H17ClN4O2S. The van der Waals surface area contributed by atoms with Gasteiger partial charge in [-0.15, -0.1) is 0 Å². The van der Waals surface area contributed by atoms with Crippen molar-refractivity contribution in [2.24, 2.45) is 12.1 Å². The Balaban J connectivity index is 1.56. The lowest BCUT2D eigenvalue weighted by atomic mass is 10.0. The van der Waals surface area contributed by atoms with Crippen LogP contribution < -0.4 is 0 Å². The third kappa shape index (κ3) is 3.79. The van der Waals surface area contributed by atoms with Gasteiger partial charge in [0.2, 0.25) is 0 Å². The van der Waals surface area contributed by atoms with Gasteiger partial charge >= 0.3 is 0 Å². The average Bonchev–Trinajstić information content (AvgIpc) is 3.41. The number of thioether (sulfide) groups is 1. The Labute approximate surface area is 165 Å². The summed E-state index contributed by atoms with van der Waals surface area (Å²) in [6.07, 6.45) is 5.77. The van der Waals surface area contributed by atoms with E-state index in [0.717, 1.165) is 22.2 Å². The molecular weight excluding hydrogens is 384 g/mol. The molecule has 0 aliphatic carbocycles. The van der Waals surface area contributed by atoms with Crippen LogP contribution in [0.1, 0.15) is 23.8 Å². The molecule has 0 spiro atoms. The summed E-state index contributed by atoms with van der Waals surface area (Å²) in [5.41, 5.74) is 1.78. The lowest BCUT2D eigenvalue weighted by molar-refractivity contribution is -0.130. The number of carbonyl (C=O) groups is 1. The van der Waals surface area contributed by atoms with Gasteiger partial charge in [0, 0.05) is 30.9 Å². The highest BCUT2D eigenvalue weighted by Gasteiger charge is 2.34. The molecule has 138 valence electrons. The largest absolute Gasteiger partial charge is 0.467 e.